The van der Waals surface area contributed by atoms with Crippen molar-refractivity contribution in [3.63, 3.8) is 0 Å². The number of rotatable bonds is 8. The van der Waals surface area contributed by atoms with Crippen molar-refractivity contribution in [2.24, 2.45) is 0 Å². The van der Waals surface area contributed by atoms with Gasteiger partial charge in [-0.2, -0.15) is 0 Å². The van der Waals surface area contributed by atoms with Crippen LogP contribution in [0.2, 0.25) is 6.04 Å². The Morgan fingerprint density at radius 1 is 1.05 bits per heavy atom. The van der Waals surface area contributed by atoms with Gasteiger partial charge in [-0.3, -0.25) is 19.2 Å². The van der Waals surface area contributed by atoms with Crippen molar-refractivity contribution < 1.29 is 32.5 Å². The average molecular weight is 331 g/mol. The lowest BCUT2D eigenvalue weighted by molar-refractivity contribution is -0.149. The molecule has 9 heteroatoms. The first-order valence-electron chi connectivity index (χ1n) is 6.76. The molecule has 0 aromatic carbocycles. The summed E-state index contributed by atoms with van der Waals surface area (Å²) in [4.78, 5) is 45.4. The number of nitrogens with one attached hydrogen (secondary N) is 1. The lowest BCUT2D eigenvalue weighted by Crippen LogP contribution is -2.51. The normalized spacial score (nSPS) is 10.9. The summed E-state index contributed by atoms with van der Waals surface area (Å²) in [6.45, 7) is 5.24. The van der Waals surface area contributed by atoms with E-state index in [1.165, 1.54) is 12.2 Å². The fourth-order valence-electron chi connectivity index (χ4n) is 1.54. The van der Waals surface area contributed by atoms with Crippen LogP contribution in [0.25, 0.3) is 0 Å². The van der Waals surface area contributed by atoms with Crippen molar-refractivity contribution in [1.29, 1.82) is 0 Å². The average Bonchev–Trinajstić information content (AvgIpc) is 2.35. The summed E-state index contributed by atoms with van der Waals surface area (Å²) in [6.07, 6.45) is 3.22. The first-order valence-corrected chi connectivity index (χ1v) is 8.69. The highest BCUT2D eigenvalue weighted by Crippen LogP contribution is 2.19. The summed E-state index contributed by atoms with van der Waals surface area (Å²) in [7, 11) is -3.79. The standard InChI is InChI=1S/C13H21NO7Si/c1-5-7-12(17)14-9-13(18)21-22(8-6-2,19-10(3)15)20-11(4)16/h5,7H,6,8-9H2,1-4H3,(H,14,17). The number of amides is 1. The molecule has 8 nitrogen and oxygen atoms in total. The lowest BCUT2D eigenvalue weighted by Gasteiger charge is -2.26. The number of allylic oxidation sites excluding steroid dienone is 1. The Balaban J connectivity index is 4.92. The zero-order chi connectivity index (χ0) is 17.2. The van der Waals surface area contributed by atoms with E-state index in [-0.39, 0.29) is 6.04 Å². The van der Waals surface area contributed by atoms with Crippen LogP contribution in [0, 0.1) is 0 Å². The van der Waals surface area contributed by atoms with Gasteiger partial charge in [-0.15, -0.1) is 0 Å². The van der Waals surface area contributed by atoms with Crippen molar-refractivity contribution in [2.45, 2.75) is 40.2 Å². The van der Waals surface area contributed by atoms with Crippen molar-refractivity contribution in [3.05, 3.63) is 12.2 Å². The van der Waals surface area contributed by atoms with Gasteiger partial charge in [-0.25, -0.2) is 0 Å². The Kier molecular flexibility index (Phi) is 8.76. The van der Waals surface area contributed by atoms with Crippen molar-refractivity contribution >= 4 is 32.6 Å². The number of carbonyl (C=O) groups excluding carboxylic acids is 4. The summed E-state index contributed by atoms with van der Waals surface area (Å²) in [6, 6.07) is 0.112. The molecule has 1 N–H and O–H groups in total. The zero-order valence-corrected chi connectivity index (χ0v) is 14.1. The molecular formula is C13H21NO7Si. The first kappa shape index (κ1) is 19.8. The van der Waals surface area contributed by atoms with Gasteiger partial charge in [0.25, 0.3) is 11.9 Å². The smallest absolute Gasteiger partial charge is 0.455 e. The Bertz CT molecular complexity index is 445. The summed E-state index contributed by atoms with van der Waals surface area (Å²) in [5.74, 6) is -2.75. The summed E-state index contributed by atoms with van der Waals surface area (Å²) < 4.78 is 15.1. The zero-order valence-electron chi connectivity index (χ0n) is 13.1. The Labute approximate surface area is 130 Å². The maximum Gasteiger partial charge on any atom is 0.705 e. The molecule has 0 unspecified atom stereocenters. The second kappa shape index (κ2) is 9.72. The van der Waals surface area contributed by atoms with E-state index in [4.69, 9.17) is 13.3 Å². The van der Waals surface area contributed by atoms with Crippen molar-refractivity contribution in [1.82, 2.24) is 5.32 Å². The Morgan fingerprint density at radius 3 is 2.00 bits per heavy atom. The van der Waals surface area contributed by atoms with Crippen LogP contribution >= 0.6 is 0 Å². The van der Waals surface area contributed by atoms with Gasteiger partial charge in [0.2, 0.25) is 5.91 Å². The minimum atomic E-state index is -3.79. The second-order valence-corrected chi connectivity index (χ2v) is 6.79. The van der Waals surface area contributed by atoms with Crippen LogP contribution in [-0.2, 0) is 32.5 Å². The van der Waals surface area contributed by atoms with E-state index in [1.54, 1.807) is 13.8 Å². The molecule has 0 fully saturated rings. The predicted octanol–water partition coefficient (Wildman–Crippen LogP) is 0.697. The monoisotopic (exact) mass is 331 g/mol. The molecule has 0 atom stereocenters. The molecule has 0 aliphatic rings. The van der Waals surface area contributed by atoms with E-state index in [2.05, 4.69) is 5.32 Å². The van der Waals surface area contributed by atoms with E-state index in [1.807, 2.05) is 0 Å². The molecule has 0 saturated carbocycles. The second-order valence-electron chi connectivity index (χ2n) is 4.31. The minimum Gasteiger partial charge on any atom is -0.455 e. The molecule has 0 saturated heterocycles. The van der Waals surface area contributed by atoms with Gasteiger partial charge in [-0.1, -0.05) is 13.0 Å². The molecule has 0 aromatic heterocycles. The molecule has 1 amide bonds. The molecule has 0 aromatic rings. The van der Waals surface area contributed by atoms with Gasteiger partial charge >= 0.3 is 14.8 Å². The molecular weight excluding hydrogens is 310 g/mol. The lowest BCUT2D eigenvalue weighted by atomic mass is 10.5. The molecule has 0 radical (unpaired) electrons. The first-order chi connectivity index (χ1) is 10.2. The molecule has 0 aliphatic heterocycles. The van der Waals surface area contributed by atoms with Crippen LogP contribution in [0.15, 0.2) is 12.2 Å². The highest BCUT2D eigenvalue weighted by molar-refractivity contribution is 6.65. The third-order valence-corrected chi connectivity index (χ3v) is 5.00. The Morgan fingerprint density at radius 2 is 1.59 bits per heavy atom. The molecule has 124 valence electrons. The van der Waals surface area contributed by atoms with Gasteiger partial charge in [0.05, 0.1) is 6.04 Å². The highest BCUT2D eigenvalue weighted by Gasteiger charge is 2.51. The summed E-state index contributed by atoms with van der Waals surface area (Å²) >= 11 is 0. The van der Waals surface area contributed by atoms with Crippen LogP contribution in [-0.4, -0.2) is 39.2 Å². The predicted molar refractivity (Wildman–Crippen MR) is 78.3 cm³/mol. The van der Waals surface area contributed by atoms with Gasteiger partial charge in [-0.05, 0) is 19.4 Å². The van der Waals surface area contributed by atoms with E-state index >= 15 is 0 Å². The number of carbonyl (C=O) groups is 4. The van der Waals surface area contributed by atoms with E-state index in [0.29, 0.717) is 6.42 Å². The van der Waals surface area contributed by atoms with Crippen molar-refractivity contribution in [2.75, 3.05) is 6.54 Å². The van der Waals surface area contributed by atoms with Gasteiger partial charge in [0, 0.05) is 13.8 Å². The minimum absolute atomic E-state index is 0.112. The third kappa shape index (κ3) is 8.20. The van der Waals surface area contributed by atoms with E-state index in [9.17, 15) is 19.2 Å². The van der Waals surface area contributed by atoms with Crippen LogP contribution in [0.4, 0.5) is 0 Å². The fourth-order valence-corrected chi connectivity index (χ4v) is 3.88. The van der Waals surface area contributed by atoms with Crippen LogP contribution in [0.3, 0.4) is 0 Å². The molecule has 0 spiro atoms. The summed E-state index contributed by atoms with van der Waals surface area (Å²) in [5, 5.41) is 2.30. The highest BCUT2D eigenvalue weighted by atomic mass is 28.4. The maximum atomic E-state index is 11.8. The largest absolute Gasteiger partial charge is 0.705 e. The topological polar surface area (TPSA) is 108 Å². The fraction of sp³-hybridized carbons (Fsp3) is 0.538. The van der Waals surface area contributed by atoms with Gasteiger partial charge in [0.1, 0.15) is 6.54 Å². The van der Waals surface area contributed by atoms with E-state index in [0.717, 1.165) is 13.8 Å². The van der Waals surface area contributed by atoms with Crippen LogP contribution < -0.4 is 5.32 Å². The molecule has 0 heterocycles. The van der Waals surface area contributed by atoms with Crippen LogP contribution in [0.5, 0.6) is 0 Å². The van der Waals surface area contributed by atoms with Gasteiger partial charge < -0.3 is 18.6 Å². The van der Waals surface area contributed by atoms with Crippen LogP contribution in [0.1, 0.15) is 34.1 Å². The van der Waals surface area contributed by atoms with E-state index < -0.39 is 39.2 Å². The molecule has 22 heavy (non-hydrogen) atoms. The third-order valence-electron chi connectivity index (χ3n) is 2.15. The number of hydrogen-bond donors (Lipinski definition) is 1. The number of hydrogen-bond acceptors (Lipinski definition) is 7. The summed E-state index contributed by atoms with van der Waals surface area (Å²) in [5.41, 5.74) is 0. The quantitative estimate of drug-likeness (QED) is 0.515. The van der Waals surface area contributed by atoms with Crippen molar-refractivity contribution in [3.8, 4) is 0 Å². The molecule has 0 bridgehead atoms. The maximum absolute atomic E-state index is 11.8. The SMILES string of the molecule is CC=CC(=O)NCC(=O)O[Si](CCC)(OC(C)=O)OC(C)=O. The molecule has 0 rings (SSSR count). The van der Waals surface area contributed by atoms with Gasteiger partial charge in [0.15, 0.2) is 0 Å². The molecule has 0 aliphatic carbocycles. The Hall–Kier alpha value is -2.16.